The first-order chi connectivity index (χ1) is 16.3. The summed E-state index contributed by atoms with van der Waals surface area (Å²) >= 11 is 19.0. The van der Waals surface area contributed by atoms with Crippen molar-refractivity contribution in [1.82, 2.24) is 9.97 Å². The maximum Gasteiger partial charge on any atom is 0.320 e. The highest BCUT2D eigenvalue weighted by atomic mass is 35.5. The van der Waals surface area contributed by atoms with Gasteiger partial charge in [0.1, 0.15) is 6.10 Å². The Labute approximate surface area is 216 Å². The van der Waals surface area contributed by atoms with Crippen molar-refractivity contribution in [2.75, 3.05) is 0 Å². The highest BCUT2D eigenvalue weighted by Crippen LogP contribution is 2.42. The monoisotopic (exact) mass is 518 g/mol. The maximum atomic E-state index is 6.64. The number of aromatic nitrogens is 2. The predicted molar refractivity (Wildman–Crippen MR) is 140 cm³/mol. The van der Waals surface area contributed by atoms with Crippen LogP contribution in [-0.4, -0.2) is 22.2 Å². The number of rotatable bonds is 7. The molecule has 7 heteroatoms. The van der Waals surface area contributed by atoms with Gasteiger partial charge in [0.2, 0.25) is 5.88 Å². The fraction of sp³-hybridized carbons (Fsp3) is 0.407. The summed E-state index contributed by atoms with van der Waals surface area (Å²) in [7, 11) is 0. The summed E-state index contributed by atoms with van der Waals surface area (Å²) in [6.07, 6.45) is 6.00. The molecule has 0 spiro atoms. The molecule has 1 aliphatic carbocycles. The van der Waals surface area contributed by atoms with Gasteiger partial charge < -0.3 is 9.47 Å². The van der Waals surface area contributed by atoms with Crippen LogP contribution in [0.2, 0.25) is 15.1 Å². The van der Waals surface area contributed by atoms with Crippen molar-refractivity contribution in [3.63, 3.8) is 0 Å². The molecule has 0 bridgehead atoms. The second-order valence-electron chi connectivity index (χ2n) is 9.05. The normalized spacial score (nSPS) is 15.4. The molecule has 0 amide bonds. The number of benzene rings is 2. The van der Waals surface area contributed by atoms with Crippen molar-refractivity contribution in [1.29, 1.82) is 0 Å². The number of halogens is 3. The Hall–Kier alpha value is -2.01. The topological polar surface area (TPSA) is 44.2 Å². The van der Waals surface area contributed by atoms with E-state index in [2.05, 4.69) is 6.92 Å². The minimum absolute atomic E-state index is 0.00196. The Morgan fingerprint density at radius 3 is 2.15 bits per heavy atom. The lowest BCUT2D eigenvalue weighted by Gasteiger charge is -2.28. The van der Waals surface area contributed by atoms with Crippen LogP contribution < -0.4 is 9.47 Å². The fourth-order valence-electron chi connectivity index (χ4n) is 4.40. The highest BCUT2D eigenvalue weighted by molar-refractivity contribution is 6.36. The Morgan fingerprint density at radius 1 is 0.824 bits per heavy atom. The number of ether oxygens (including phenoxy) is 2. The molecule has 1 atom stereocenters. The van der Waals surface area contributed by atoms with Crippen LogP contribution in [0.5, 0.6) is 11.9 Å². The molecule has 1 unspecified atom stereocenters. The summed E-state index contributed by atoms with van der Waals surface area (Å²) in [5.41, 5.74) is 2.95. The average Bonchev–Trinajstić information content (AvgIpc) is 2.80. The van der Waals surface area contributed by atoms with E-state index in [1.165, 1.54) is 19.3 Å². The van der Waals surface area contributed by atoms with Gasteiger partial charge in [-0.25, -0.2) is 0 Å². The predicted octanol–water partition coefficient (Wildman–Crippen LogP) is 8.91. The third kappa shape index (κ3) is 5.97. The quantitative estimate of drug-likeness (QED) is 0.312. The fourth-order valence-corrected chi connectivity index (χ4v) is 5.03. The van der Waals surface area contributed by atoms with E-state index < -0.39 is 0 Å². The molecule has 1 aliphatic rings. The van der Waals surface area contributed by atoms with Crippen LogP contribution in [0.3, 0.4) is 0 Å². The van der Waals surface area contributed by atoms with Gasteiger partial charge in [-0.05, 0) is 75.4 Å². The van der Waals surface area contributed by atoms with Crippen LogP contribution in [0.15, 0.2) is 42.5 Å². The van der Waals surface area contributed by atoms with Crippen molar-refractivity contribution in [3.05, 3.63) is 57.5 Å². The molecule has 1 fully saturated rings. The second kappa shape index (κ2) is 11.2. The molecule has 1 aromatic heterocycles. The van der Waals surface area contributed by atoms with Crippen molar-refractivity contribution in [2.45, 2.75) is 65.1 Å². The minimum Gasteiger partial charge on any atom is -0.474 e. The molecule has 0 radical (unpaired) electrons. The van der Waals surface area contributed by atoms with Crippen molar-refractivity contribution in [3.8, 4) is 34.3 Å². The summed E-state index contributed by atoms with van der Waals surface area (Å²) < 4.78 is 12.5. The van der Waals surface area contributed by atoms with E-state index in [9.17, 15) is 0 Å². The van der Waals surface area contributed by atoms with Gasteiger partial charge in [0.15, 0.2) is 0 Å². The SMILES string of the molecule is CC(C)Oc1nc(OC(C)C2CCCCC2)nc(-c2ccc(Cl)cc2Cl)c1-c1ccc(Cl)cc1. The van der Waals surface area contributed by atoms with Crippen LogP contribution in [-0.2, 0) is 0 Å². The van der Waals surface area contributed by atoms with Crippen LogP contribution in [0, 0.1) is 5.92 Å². The largest absolute Gasteiger partial charge is 0.474 e. The Kier molecular flexibility index (Phi) is 8.23. The minimum atomic E-state index is -0.0990. The zero-order valence-electron chi connectivity index (χ0n) is 19.7. The van der Waals surface area contributed by atoms with Gasteiger partial charge in [-0.3, -0.25) is 0 Å². The molecule has 3 aromatic rings. The maximum absolute atomic E-state index is 6.64. The van der Waals surface area contributed by atoms with E-state index in [1.807, 2.05) is 44.2 Å². The first-order valence-corrected chi connectivity index (χ1v) is 12.9. The Balaban J connectivity index is 1.86. The number of hydrogen-bond donors (Lipinski definition) is 0. The molecular weight excluding hydrogens is 491 g/mol. The lowest BCUT2D eigenvalue weighted by molar-refractivity contribution is 0.111. The van der Waals surface area contributed by atoms with Crippen LogP contribution in [0.4, 0.5) is 0 Å². The van der Waals surface area contributed by atoms with Crippen molar-refractivity contribution >= 4 is 34.8 Å². The van der Waals surface area contributed by atoms with E-state index >= 15 is 0 Å². The van der Waals surface area contributed by atoms with Crippen molar-refractivity contribution in [2.24, 2.45) is 5.92 Å². The van der Waals surface area contributed by atoms with E-state index in [-0.39, 0.29) is 18.2 Å². The van der Waals surface area contributed by atoms with E-state index in [0.29, 0.717) is 32.6 Å². The standard InChI is InChI=1S/C27H29Cl3N2O2/c1-16(2)33-26-24(19-9-11-20(28)12-10-19)25(22-14-13-21(29)15-23(22)30)31-27(32-26)34-17(3)18-7-5-4-6-8-18/h9-18H,4-8H2,1-3H3. The average molecular weight is 520 g/mol. The lowest BCUT2D eigenvalue weighted by atomic mass is 9.86. The van der Waals surface area contributed by atoms with Gasteiger partial charge in [-0.2, -0.15) is 9.97 Å². The van der Waals surface area contributed by atoms with Crippen LogP contribution >= 0.6 is 34.8 Å². The van der Waals surface area contributed by atoms with Gasteiger partial charge in [0.05, 0.1) is 22.4 Å². The van der Waals surface area contributed by atoms with Crippen LogP contribution in [0.25, 0.3) is 22.4 Å². The molecule has 1 heterocycles. The zero-order chi connectivity index (χ0) is 24.2. The molecule has 4 nitrogen and oxygen atoms in total. The van der Waals surface area contributed by atoms with Gasteiger partial charge in [-0.15, -0.1) is 0 Å². The summed E-state index contributed by atoms with van der Waals surface area (Å²) in [6, 6.07) is 13.2. The lowest BCUT2D eigenvalue weighted by Crippen LogP contribution is -2.26. The molecule has 0 saturated heterocycles. The number of hydrogen-bond acceptors (Lipinski definition) is 4. The molecule has 2 aromatic carbocycles. The molecule has 34 heavy (non-hydrogen) atoms. The van der Waals surface area contributed by atoms with Crippen molar-refractivity contribution < 1.29 is 9.47 Å². The Morgan fingerprint density at radius 2 is 1.50 bits per heavy atom. The van der Waals surface area contributed by atoms with Crippen LogP contribution in [0.1, 0.15) is 52.9 Å². The van der Waals surface area contributed by atoms with E-state index in [1.54, 1.807) is 12.1 Å². The van der Waals surface area contributed by atoms with Gasteiger partial charge in [0.25, 0.3) is 0 Å². The van der Waals surface area contributed by atoms with E-state index in [4.69, 9.17) is 54.2 Å². The molecule has 180 valence electrons. The zero-order valence-corrected chi connectivity index (χ0v) is 21.9. The third-order valence-corrected chi connectivity index (χ3v) is 6.93. The molecule has 4 rings (SSSR count). The second-order valence-corrected chi connectivity index (χ2v) is 10.3. The van der Waals surface area contributed by atoms with Gasteiger partial charge in [0, 0.05) is 15.6 Å². The Bertz CT molecular complexity index is 1130. The summed E-state index contributed by atoms with van der Waals surface area (Å²) in [5.74, 6) is 0.935. The summed E-state index contributed by atoms with van der Waals surface area (Å²) in [6.45, 7) is 6.03. The van der Waals surface area contributed by atoms with Gasteiger partial charge >= 0.3 is 6.01 Å². The third-order valence-electron chi connectivity index (χ3n) is 6.13. The first-order valence-electron chi connectivity index (χ1n) is 11.8. The molecular formula is C27H29Cl3N2O2. The van der Waals surface area contributed by atoms with E-state index in [0.717, 1.165) is 29.5 Å². The smallest absolute Gasteiger partial charge is 0.320 e. The highest BCUT2D eigenvalue weighted by Gasteiger charge is 2.26. The number of nitrogens with zero attached hydrogens (tertiary/aromatic N) is 2. The first kappa shape index (κ1) is 25.1. The summed E-state index contributed by atoms with van der Waals surface area (Å²) in [5, 5.41) is 1.68. The molecule has 0 aliphatic heterocycles. The summed E-state index contributed by atoms with van der Waals surface area (Å²) in [4.78, 5) is 9.58. The molecule has 1 saturated carbocycles. The molecule has 0 N–H and O–H groups in total. The van der Waals surface area contributed by atoms with Gasteiger partial charge in [-0.1, -0.05) is 66.2 Å².